The van der Waals surface area contributed by atoms with E-state index in [4.69, 9.17) is 34.8 Å². The van der Waals surface area contributed by atoms with Crippen LogP contribution in [0.25, 0.3) is 11.0 Å². The van der Waals surface area contributed by atoms with Crippen LogP contribution in [0.5, 0.6) is 0 Å². The molecule has 0 saturated heterocycles. The van der Waals surface area contributed by atoms with Gasteiger partial charge in [0.25, 0.3) is 0 Å². The van der Waals surface area contributed by atoms with Gasteiger partial charge in [-0.1, -0.05) is 52.6 Å². The van der Waals surface area contributed by atoms with Crippen molar-refractivity contribution >= 4 is 57.6 Å². The van der Waals surface area contributed by atoms with Crippen LogP contribution in [0.4, 0.5) is 0 Å². The molecule has 0 atom stereocenters. The number of fused-ring (bicyclic) bond motifs is 1. The van der Waals surface area contributed by atoms with Gasteiger partial charge >= 0.3 is 0 Å². The first-order valence-corrected chi connectivity index (χ1v) is 7.96. The van der Waals surface area contributed by atoms with Crippen molar-refractivity contribution in [2.24, 2.45) is 0 Å². The Hall–Kier alpha value is -0.870. The lowest BCUT2D eigenvalue weighted by atomic mass is 10.2. The number of benzene rings is 2. The largest absolute Gasteiger partial charge is 0.333 e. The standard InChI is InChI=1S/C14H9Cl3N2S/c15-9-2-1-8(11(17)5-9)7-20-14-18-12-4-3-10(16)6-13(12)19-14/h1-6H,7H2,(H,18,19). The summed E-state index contributed by atoms with van der Waals surface area (Å²) in [5.74, 6) is 0.726. The molecule has 2 aromatic carbocycles. The van der Waals surface area contributed by atoms with E-state index in [0.717, 1.165) is 27.5 Å². The summed E-state index contributed by atoms with van der Waals surface area (Å²) in [6, 6.07) is 11.1. The smallest absolute Gasteiger partial charge is 0.166 e. The van der Waals surface area contributed by atoms with Crippen LogP contribution in [0.2, 0.25) is 15.1 Å². The molecule has 0 spiro atoms. The Balaban J connectivity index is 1.79. The van der Waals surface area contributed by atoms with Gasteiger partial charge in [0.1, 0.15) is 0 Å². The van der Waals surface area contributed by atoms with Gasteiger partial charge in [0.05, 0.1) is 11.0 Å². The van der Waals surface area contributed by atoms with Crippen molar-refractivity contribution in [2.75, 3.05) is 0 Å². The lowest BCUT2D eigenvalue weighted by Crippen LogP contribution is -1.83. The second-order valence-corrected chi connectivity index (χ2v) is 6.47. The molecule has 102 valence electrons. The summed E-state index contributed by atoms with van der Waals surface area (Å²) < 4.78 is 0. The van der Waals surface area contributed by atoms with Gasteiger partial charge < -0.3 is 4.98 Å². The molecule has 0 fully saturated rings. The number of rotatable bonds is 3. The van der Waals surface area contributed by atoms with E-state index in [-0.39, 0.29) is 0 Å². The molecule has 0 radical (unpaired) electrons. The Morgan fingerprint density at radius 2 is 1.75 bits per heavy atom. The fourth-order valence-electron chi connectivity index (χ4n) is 1.81. The van der Waals surface area contributed by atoms with Gasteiger partial charge in [0.15, 0.2) is 5.16 Å². The summed E-state index contributed by atoms with van der Waals surface area (Å²) in [6.07, 6.45) is 0. The number of aromatic amines is 1. The Kier molecular flexibility index (Phi) is 4.13. The predicted molar refractivity (Wildman–Crippen MR) is 87.1 cm³/mol. The van der Waals surface area contributed by atoms with Crippen LogP contribution in [0.3, 0.4) is 0 Å². The highest BCUT2D eigenvalue weighted by Gasteiger charge is 2.06. The van der Waals surface area contributed by atoms with E-state index >= 15 is 0 Å². The molecule has 0 bridgehead atoms. The molecule has 0 amide bonds. The number of hydrogen-bond donors (Lipinski definition) is 1. The number of aromatic nitrogens is 2. The summed E-state index contributed by atoms with van der Waals surface area (Å²) in [5.41, 5.74) is 2.86. The first-order valence-electron chi connectivity index (χ1n) is 5.84. The average molecular weight is 344 g/mol. The molecular formula is C14H9Cl3N2S. The quantitative estimate of drug-likeness (QED) is 0.607. The molecule has 0 aliphatic rings. The molecular weight excluding hydrogens is 335 g/mol. The van der Waals surface area contributed by atoms with E-state index in [1.54, 1.807) is 17.8 Å². The Morgan fingerprint density at radius 3 is 2.55 bits per heavy atom. The minimum absolute atomic E-state index is 0.641. The van der Waals surface area contributed by atoms with Crippen LogP contribution in [0, 0.1) is 0 Å². The van der Waals surface area contributed by atoms with E-state index < -0.39 is 0 Å². The van der Waals surface area contributed by atoms with E-state index in [1.165, 1.54) is 0 Å². The number of imidazole rings is 1. The summed E-state index contributed by atoms with van der Waals surface area (Å²) >= 11 is 19.6. The van der Waals surface area contributed by atoms with Gasteiger partial charge in [-0.05, 0) is 35.9 Å². The summed E-state index contributed by atoms with van der Waals surface area (Å²) in [4.78, 5) is 7.73. The minimum atomic E-state index is 0.641. The van der Waals surface area contributed by atoms with E-state index in [9.17, 15) is 0 Å². The molecule has 1 N–H and O–H groups in total. The number of H-pyrrole nitrogens is 1. The lowest BCUT2D eigenvalue weighted by molar-refractivity contribution is 1.08. The van der Waals surface area contributed by atoms with E-state index in [1.807, 2.05) is 30.3 Å². The monoisotopic (exact) mass is 342 g/mol. The molecule has 1 heterocycles. The summed E-state index contributed by atoms with van der Waals surface area (Å²) in [6.45, 7) is 0. The highest BCUT2D eigenvalue weighted by atomic mass is 35.5. The second-order valence-electron chi connectivity index (χ2n) is 4.23. The molecule has 6 heteroatoms. The maximum Gasteiger partial charge on any atom is 0.166 e. The van der Waals surface area contributed by atoms with Crippen molar-refractivity contribution in [2.45, 2.75) is 10.9 Å². The molecule has 0 aliphatic heterocycles. The zero-order valence-electron chi connectivity index (χ0n) is 10.2. The Bertz CT molecular complexity index is 770. The van der Waals surface area contributed by atoms with Crippen molar-refractivity contribution < 1.29 is 0 Å². The molecule has 3 aromatic rings. The average Bonchev–Trinajstić information content (AvgIpc) is 2.79. The van der Waals surface area contributed by atoms with Crippen molar-refractivity contribution in [3.63, 3.8) is 0 Å². The molecule has 0 aliphatic carbocycles. The number of hydrogen-bond acceptors (Lipinski definition) is 2. The first kappa shape index (κ1) is 14.1. The van der Waals surface area contributed by atoms with Crippen LogP contribution >= 0.6 is 46.6 Å². The second kappa shape index (κ2) is 5.86. The third-order valence-electron chi connectivity index (χ3n) is 2.80. The van der Waals surface area contributed by atoms with Gasteiger partial charge in [-0.2, -0.15) is 0 Å². The van der Waals surface area contributed by atoms with Crippen molar-refractivity contribution in [1.82, 2.24) is 9.97 Å². The Morgan fingerprint density at radius 1 is 1.00 bits per heavy atom. The van der Waals surface area contributed by atoms with Gasteiger partial charge in [-0.25, -0.2) is 4.98 Å². The minimum Gasteiger partial charge on any atom is -0.333 e. The number of halogens is 3. The van der Waals surface area contributed by atoms with Crippen LogP contribution in [0.15, 0.2) is 41.6 Å². The zero-order chi connectivity index (χ0) is 14.1. The van der Waals surface area contributed by atoms with Crippen LogP contribution < -0.4 is 0 Å². The topological polar surface area (TPSA) is 28.7 Å². The fraction of sp³-hybridized carbons (Fsp3) is 0.0714. The molecule has 20 heavy (non-hydrogen) atoms. The summed E-state index contributed by atoms with van der Waals surface area (Å²) in [5, 5.41) is 2.85. The highest BCUT2D eigenvalue weighted by molar-refractivity contribution is 7.98. The maximum atomic E-state index is 6.15. The fourth-order valence-corrected chi connectivity index (χ4v) is 3.43. The molecule has 1 aromatic heterocycles. The van der Waals surface area contributed by atoms with Crippen LogP contribution in [0.1, 0.15) is 5.56 Å². The number of nitrogens with zero attached hydrogens (tertiary/aromatic N) is 1. The highest BCUT2D eigenvalue weighted by Crippen LogP contribution is 2.28. The molecule has 0 saturated carbocycles. The van der Waals surface area contributed by atoms with Crippen molar-refractivity contribution in [3.05, 3.63) is 57.0 Å². The molecule has 2 nitrogen and oxygen atoms in total. The van der Waals surface area contributed by atoms with E-state index in [0.29, 0.717) is 15.1 Å². The van der Waals surface area contributed by atoms with Crippen LogP contribution in [-0.2, 0) is 5.75 Å². The molecule has 0 unspecified atom stereocenters. The Labute approximate surface area is 135 Å². The first-order chi connectivity index (χ1) is 9.61. The maximum absolute atomic E-state index is 6.15. The molecule has 3 rings (SSSR count). The zero-order valence-corrected chi connectivity index (χ0v) is 13.2. The third-order valence-corrected chi connectivity index (χ3v) is 4.55. The normalized spacial score (nSPS) is 11.2. The lowest BCUT2D eigenvalue weighted by Gasteiger charge is -2.02. The van der Waals surface area contributed by atoms with Gasteiger partial charge in [0, 0.05) is 20.8 Å². The van der Waals surface area contributed by atoms with E-state index in [2.05, 4.69) is 9.97 Å². The predicted octanol–water partition coefficient (Wildman–Crippen LogP) is 5.82. The van der Waals surface area contributed by atoms with Gasteiger partial charge in [-0.3, -0.25) is 0 Å². The number of thioether (sulfide) groups is 1. The van der Waals surface area contributed by atoms with Gasteiger partial charge in [0.2, 0.25) is 0 Å². The third kappa shape index (κ3) is 3.07. The van der Waals surface area contributed by atoms with Crippen molar-refractivity contribution in [3.8, 4) is 0 Å². The van der Waals surface area contributed by atoms with Gasteiger partial charge in [-0.15, -0.1) is 0 Å². The SMILES string of the molecule is Clc1ccc(CSc2nc3ccc(Cl)cc3[nH]2)c(Cl)c1. The summed E-state index contributed by atoms with van der Waals surface area (Å²) in [7, 11) is 0. The number of nitrogens with one attached hydrogen (secondary N) is 1. The van der Waals surface area contributed by atoms with Crippen molar-refractivity contribution in [1.29, 1.82) is 0 Å². The van der Waals surface area contributed by atoms with Crippen LogP contribution in [-0.4, -0.2) is 9.97 Å².